The summed E-state index contributed by atoms with van der Waals surface area (Å²) in [4.78, 5) is 28.8. The van der Waals surface area contributed by atoms with Crippen LogP contribution in [0.1, 0.15) is 29.7 Å². The molecule has 10 nitrogen and oxygen atoms in total. The lowest BCUT2D eigenvalue weighted by Gasteiger charge is -2.23. The monoisotopic (exact) mass is 669 g/mol. The van der Waals surface area contributed by atoms with Crippen molar-refractivity contribution < 1.29 is 33.6 Å². The molecule has 1 saturated heterocycles. The minimum atomic E-state index is -1.04. The van der Waals surface area contributed by atoms with E-state index in [9.17, 15) is 14.7 Å². The zero-order valence-corrected chi connectivity index (χ0v) is 27.7. The molecule has 1 aliphatic rings. The van der Waals surface area contributed by atoms with Gasteiger partial charge in [0.15, 0.2) is 27.3 Å². The number of aliphatic hydroxyl groups is 1. The molecular formula is C35H31N3O7S2. The van der Waals surface area contributed by atoms with Crippen LogP contribution in [-0.4, -0.2) is 54.9 Å². The highest BCUT2D eigenvalue weighted by Crippen LogP contribution is 2.46. The number of benzene rings is 4. The maximum Gasteiger partial charge on any atom is 0.301 e. The number of Topliss-reactive ketones (excluding diaryl/α,β-unsaturated/α-hetero) is 1. The third-order valence-electron chi connectivity index (χ3n) is 7.74. The van der Waals surface area contributed by atoms with Gasteiger partial charge in [-0.05, 0) is 59.2 Å². The van der Waals surface area contributed by atoms with Gasteiger partial charge in [0.25, 0.3) is 5.78 Å². The largest absolute Gasteiger partial charge is 0.507 e. The van der Waals surface area contributed by atoms with E-state index in [4.69, 9.17) is 18.9 Å². The minimum Gasteiger partial charge on any atom is -0.507 e. The maximum atomic E-state index is 13.8. The maximum absolute atomic E-state index is 13.8. The van der Waals surface area contributed by atoms with Gasteiger partial charge in [0.05, 0.1) is 39.6 Å². The second-order valence-corrected chi connectivity index (χ2v) is 12.5. The number of hydrogen-bond acceptors (Lipinski definition) is 11. The quantitative estimate of drug-likeness (QED) is 0.0516. The van der Waals surface area contributed by atoms with E-state index < -0.39 is 17.7 Å². The molecule has 1 aliphatic heterocycles. The number of aromatic nitrogens is 2. The van der Waals surface area contributed by atoms with Crippen molar-refractivity contribution in [1.82, 2.24) is 10.2 Å². The number of anilines is 1. The molecule has 0 bridgehead atoms. The van der Waals surface area contributed by atoms with Crippen molar-refractivity contribution >= 4 is 56.5 Å². The lowest BCUT2D eigenvalue weighted by Crippen LogP contribution is -2.29. The molecule has 1 N–H and O–H groups in total. The summed E-state index contributed by atoms with van der Waals surface area (Å²) in [5, 5.41) is 22.9. The fourth-order valence-corrected chi connectivity index (χ4v) is 7.40. The Kier molecular flexibility index (Phi) is 9.32. The molecule has 0 spiro atoms. The highest BCUT2D eigenvalue weighted by molar-refractivity contribution is 8.00. The first-order valence-corrected chi connectivity index (χ1v) is 16.5. The lowest BCUT2D eigenvalue weighted by atomic mass is 9.95. The molecule has 6 rings (SSSR count). The van der Waals surface area contributed by atoms with Crippen molar-refractivity contribution in [2.45, 2.75) is 23.1 Å². The molecule has 1 unspecified atom stereocenters. The van der Waals surface area contributed by atoms with Gasteiger partial charge in [-0.15, -0.1) is 10.2 Å². The van der Waals surface area contributed by atoms with Gasteiger partial charge in [-0.25, -0.2) is 0 Å². The van der Waals surface area contributed by atoms with E-state index in [1.54, 1.807) is 36.4 Å². The van der Waals surface area contributed by atoms with Crippen LogP contribution in [0.2, 0.25) is 0 Å². The summed E-state index contributed by atoms with van der Waals surface area (Å²) in [6.07, 6.45) is 0. The van der Waals surface area contributed by atoms with Crippen LogP contribution < -0.4 is 23.8 Å². The van der Waals surface area contributed by atoms with E-state index in [1.165, 1.54) is 49.3 Å². The number of fused-ring (bicyclic) bond motifs is 1. The number of methoxy groups -OCH3 is 3. The smallest absolute Gasteiger partial charge is 0.301 e. The number of nitrogens with zero attached hydrogens (tertiary/aromatic N) is 3. The number of amides is 1. The van der Waals surface area contributed by atoms with E-state index in [1.807, 2.05) is 25.1 Å². The Morgan fingerprint density at radius 3 is 2.36 bits per heavy atom. The van der Waals surface area contributed by atoms with Crippen molar-refractivity contribution in [3.63, 3.8) is 0 Å². The summed E-state index contributed by atoms with van der Waals surface area (Å²) >= 11 is 2.69. The lowest BCUT2D eigenvalue weighted by molar-refractivity contribution is -0.132. The van der Waals surface area contributed by atoms with E-state index in [0.29, 0.717) is 45.3 Å². The SMILES string of the molecule is CCOc1ccc(C2C(=C(O)c3ccc(OC)c(OC)c3)C(=O)C(=O)N2c2nnc(SCc3cccc4ccccc34)s2)cc1OC. The molecule has 47 heavy (non-hydrogen) atoms. The number of ether oxygens (including phenoxy) is 4. The molecule has 1 fully saturated rings. The molecule has 240 valence electrons. The highest BCUT2D eigenvalue weighted by Gasteiger charge is 2.48. The van der Waals surface area contributed by atoms with Crippen LogP contribution in [0.15, 0.2) is 88.8 Å². The Morgan fingerprint density at radius 2 is 1.60 bits per heavy atom. The third-order valence-corrected chi connectivity index (χ3v) is 9.84. The van der Waals surface area contributed by atoms with Crippen LogP contribution in [0.4, 0.5) is 5.13 Å². The minimum absolute atomic E-state index is 0.117. The molecule has 12 heteroatoms. The molecule has 0 radical (unpaired) electrons. The molecule has 0 saturated carbocycles. The Morgan fingerprint density at radius 1 is 0.872 bits per heavy atom. The highest BCUT2D eigenvalue weighted by atomic mass is 32.2. The number of aliphatic hydroxyl groups excluding tert-OH is 1. The second kappa shape index (κ2) is 13.7. The second-order valence-electron chi connectivity index (χ2n) is 10.4. The normalized spacial score (nSPS) is 15.7. The molecule has 4 aromatic carbocycles. The summed E-state index contributed by atoms with van der Waals surface area (Å²) in [5.74, 6) is 0.250. The van der Waals surface area contributed by atoms with E-state index >= 15 is 0 Å². The van der Waals surface area contributed by atoms with Crippen LogP contribution in [0, 0.1) is 0 Å². The summed E-state index contributed by atoms with van der Waals surface area (Å²) in [5.41, 5.74) is 1.80. The number of rotatable bonds is 11. The van der Waals surface area contributed by atoms with Gasteiger partial charge in [0, 0.05) is 11.3 Å². The molecule has 1 amide bonds. The van der Waals surface area contributed by atoms with Gasteiger partial charge in [0.1, 0.15) is 5.76 Å². The van der Waals surface area contributed by atoms with Crippen LogP contribution in [0.5, 0.6) is 23.0 Å². The molecule has 0 aliphatic carbocycles. The van der Waals surface area contributed by atoms with Crippen LogP contribution in [-0.2, 0) is 15.3 Å². The number of carbonyl (C=O) groups is 2. The predicted octanol–water partition coefficient (Wildman–Crippen LogP) is 7.03. The molecule has 1 atom stereocenters. The average Bonchev–Trinajstić information content (AvgIpc) is 3.68. The van der Waals surface area contributed by atoms with Gasteiger partial charge in [-0.2, -0.15) is 0 Å². The number of carbonyl (C=O) groups excluding carboxylic acids is 2. The zero-order valence-electron chi connectivity index (χ0n) is 26.1. The summed E-state index contributed by atoms with van der Waals surface area (Å²) in [7, 11) is 4.48. The Balaban J connectivity index is 1.42. The molecule has 1 aromatic heterocycles. The number of hydrogen-bond donors (Lipinski definition) is 1. The molecule has 5 aromatic rings. The van der Waals surface area contributed by atoms with Gasteiger partial charge in [-0.1, -0.05) is 71.6 Å². The summed E-state index contributed by atoms with van der Waals surface area (Å²) < 4.78 is 22.7. The fraction of sp³-hybridized carbons (Fsp3) is 0.200. The third kappa shape index (κ3) is 6.09. The van der Waals surface area contributed by atoms with Crippen molar-refractivity contribution in [2.75, 3.05) is 32.8 Å². The summed E-state index contributed by atoms with van der Waals surface area (Å²) in [6, 6.07) is 23.2. The first-order chi connectivity index (χ1) is 22.9. The van der Waals surface area contributed by atoms with E-state index in [-0.39, 0.29) is 22.0 Å². The van der Waals surface area contributed by atoms with Crippen LogP contribution in [0.3, 0.4) is 0 Å². The van der Waals surface area contributed by atoms with Crippen LogP contribution >= 0.6 is 23.1 Å². The Bertz CT molecular complexity index is 2000. The van der Waals surface area contributed by atoms with E-state index in [0.717, 1.165) is 16.3 Å². The predicted molar refractivity (Wildman–Crippen MR) is 182 cm³/mol. The van der Waals surface area contributed by atoms with Crippen molar-refractivity contribution in [3.8, 4) is 23.0 Å². The first kappa shape index (κ1) is 31.9. The fourth-order valence-electron chi connectivity index (χ4n) is 5.53. The Hall–Kier alpha value is -5.07. The average molecular weight is 670 g/mol. The van der Waals surface area contributed by atoms with Crippen molar-refractivity contribution in [3.05, 3.63) is 101 Å². The Labute approximate surface area is 279 Å². The van der Waals surface area contributed by atoms with Gasteiger partial charge < -0.3 is 24.1 Å². The topological polar surface area (TPSA) is 120 Å². The van der Waals surface area contributed by atoms with Gasteiger partial charge in [0.2, 0.25) is 5.13 Å². The van der Waals surface area contributed by atoms with Crippen LogP contribution in [0.25, 0.3) is 16.5 Å². The molecular weight excluding hydrogens is 639 g/mol. The number of thioether (sulfide) groups is 1. The van der Waals surface area contributed by atoms with E-state index in [2.05, 4.69) is 34.5 Å². The van der Waals surface area contributed by atoms with Crippen molar-refractivity contribution in [2.24, 2.45) is 0 Å². The zero-order chi connectivity index (χ0) is 33.1. The first-order valence-electron chi connectivity index (χ1n) is 14.7. The molecule has 2 heterocycles. The standard InChI is InChI=1S/C35H31N3O7S2/c1-5-45-26-16-13-21(17-28(26)44-4)30-29(31(39)22-14-15-25(42-2)27(18-22)43-3)32(40)33(41)38(30)34-36-37-35(47-34)46-19-23-11-8-10-20-9-6-7-12-24(20)23/h6-18,30,39H,5,19H2,1-4H3. The van der Waals surface area contributed by atoms with Gasteiger partial charge >= 0.3 is 5.91 Å². The van der Waals surface area contributed by atoms with Gasteiger partial charge in [-0.3, -0.25) is 14.5 Å². The van der Waals surface area contributed by atoms with Crippen molar-refractivity contribution in [1.29, 1.82) is 0 Å². The number of ketones is 1. The summed E-state index contributed by atoms with van der Waals surface area (Å²) in [6.45, 7) is 2.27.